The number of nitrogens with zero attached hydrogens (tertiary/aromatic N) is 1. The van der Waals surface area contributed by atoms with Gasteiger partial charge in [-0.25, -0.2) is 0 Å². The number of anilines is 1. The summed E-state index contributed by atoms with van der Waals surface area (Å²) in [5.41, 5.74) is 3.76. The molecule has 0 radical (unpaired) electrons. The predicted octanol–water partition coefficient (Wildman–Crippen LogP) is 7.56. The molecule has 0 saturated carbocycles. The summed E-state index contributed by atoms with van der Waals surface area (Å²) >= 11 is 0. The molecule has 2 aromatic rings. The molecule has 1 aliphatic heterocycles. The summed E-state index contributed by atoms with van der Waals surface area (Å²) in [6.45, 7) is 4.42. The molecule has 39 heavy (non-hydrogen) atoms. The van der Waals surface area contributed by atoms with Gasteiger partial charge in [-0.15, -0.1) is 0 Å². The molecule has 0 aromatic heterocycles. The van der Waals surface area contributed by atoms with Crippen LogP contribution in [0, 0.1) is 5.92 Å². The number of methoxy groups -OCH3 is 1. The summed E-state index contributed by atoms with van der Waals surface area (Å²) in [6, 6.07) is 9.69. The summed E-state index contributed by atoms with van der Waals surface area (Å²) in [5, 5.41) is 6.32. The number of hydrogen-bond acceptors (Lipinski definition) is 4. The third kappa shape index (κ3) is 6.44. The summed E-state index contributed by atoms with van der Waals surface area (Å²) in [6.07, 6.45) is 6.94. The van der Waals surface area contributed by atoms with Crippen molar-refractivity contribution in [3.05, 3.63) is 88.8 Å². The summed E-state index contributed by atoms with van der Waals surface area (Å²) < 4.78 is 47.4. The number of halogens is 3. The number of alkyl halides is 3. The van der Waals surface area contributed by atoms with Gasteiger partial charge in [0.1, 0.15) is 5.75 Å². The first-order chi connectivity index (χ1) is 18.8. The third-order valence-electron chi connectivity index (χ3n) is 6.98. The minimum Gasteiger partial charge on any atom is -0.497 e. The van der Waals surface area contributed by atoms with Gasteiger partial charge in [0.05, 0.1) is 24.1 Å². The van der Waals surface area contributed by atoms with Crippen LogP contribution in [0.25, 0.3) is 5.57 Å². The first kappa shape index (κ1) is 28.2. The standard InChI is InChI=1S/C31H34F3N3O2/c1-4-20-17-21(13-15-23(20)30(38)35-5-2)37-28-12-10-8-6-7-9-11-25-26(19-36-29(25)28)24-16-14-22(39-3)18-27(24)31(32,33)34/h6-7,12-19,25,37H,4-5,8-11H2,1-3H3,(H,35,38)/b7-6-,28-12+. The van der Waals surface area contributed by atoms with Crippen LogP contribution in [-0.2, 0) is 12.6 Å². The quantitative estimate of drug-likeness (QED) is 0.358. The topological polar surface area (TPSA) is 62.7 Å². The lowest BCUT2D eigenvalue weighted by Crippen LogP contribution is -2.24. The number of aryl methyl sites for hydroxylation is 1. The number of carbonyl (C=O) groups excluding carboxylic acids is 1. The van der Waals surface area contributed by atoms with E-state index < -0.39 is 11.7 Å². The third-order valence-corrected chi connectivity index (χ3v) is 6.98. The Morgan fingerprint density at radius 3 is 2.59 bits per heavy atom. The normalized spacial score (nSPS) is 19.6. The first-order valence-corrected chi connectivity index (χ1v) is 13.3. The van der Waals surface area contributed by atoms with Crippen LogP contribution in [0.1, 0.15) is 66.6 Å². The van der Waals surface area contributed by atoms with Gasteiger partial charge in [0.15, 0.2) is 0 Å². The fraction of sp³-hybridized carbons (Fsp3) is 0.355. The minimum atomic E-state index is -4.54. The van der Waals surface area contributed by atoms with E-state index >= 15 is 0 Å². The average molecular weight is 538 g/mol. The maximum Gasteiger partial charge on any atom is 0.417 e. The molecule has 1 amide bonds. The molecule has 206 valence electrons. The number of carbonyl (C=O) groups is 1. The maximum absolute atomic E-state index is 14.1. The van der Waals surface area contributed by atoms with Crippen molar-refractivity contribution >= 4 is 22.9 Å². The van der Waals surface area contributed by atoms with Gasteiger partial charge in [0, 0.05) is 29.9 Å². The van der Waals surface area contributed by atoms with E-state index in [0.717, 1.165) is 48.0 Å². The van der Waals surface area contributed by atoms with Crippen molar-refractivity contribution in [3.8, 4) is 5.75 Å². The molecule has 1 aliphatic carbocycles. The Morgan fingerprint density at radius 1 is 1.08 bits per heavy atom. The highest BCUT2D eigenvalue weighted by Crippen LogP contribution is 2.43. The van der Waals surface area contributed by atoms with E-state index in [1.54, 1.807) is 18.3 Å². The van der Waals surface area contributed by atoms with Crippen molar-refractivity contribution in [2.45, 2.75) is 52.1 Å². The highest BCUT2D eigenvalue weighted by Gasteiger charge is 2.38. The molecule has 2 N–H and O–H groups in total. The zero-order chi connectivity index (χ0) is 28.0. The highest BCUT2D eigenvalue weighted by molar-refractivity contribution is 6.12. The summed E-state index contributed by atoms with van der Waals surface area (Å²) in [7, 11) is 1.36. The van der Waals surface area contributed by atoms with Crippen LogP contribution in [0.5, 0.6) is 5.75 Å². The molecule has 1 unspecified atom stereocenters. The van der Waals surface area contributed by atoms with Crippen molar-refractivity contribution in [1.82, 2.24) is 5.32 Å². The van der Waals surface area contributed by atoms with Crippen LogP contribution in [0.3, 0.4) is 0 Å². The van der Waals surface area contributed by atoms with Crippen molar-refractivity contribution in [2.75, 3.05) is 19.0 Å². The average Bonchev–Trinajstić information content (AvgIpc) is 3.34. The fourth-order valence-corrected chi connectivity index (χ4v) is 5.05. The van der Waals surface area contributed by atoms with Crippen molar-refractivity contribution in [2.24, 2.45) is 10.9 Å². The lowest BCUT2D eigenvalue weighted by Gasteiger charge is -2.23. The molecule has 2 aromatic carbocycles. The molecule has 8 heteroatoms. The van der Waals surface area contributed by atoms with E-state index in [1.165, 1.54) is 13.2 Å². The number of fused-ring (bicyclic) bond motifs is 1. The summed E-state index contributed by atoms with van der Waals surface area (Å²) in [5.74, 6) is -0.273. The molecular weight excluding hydrogens is 503 g/mol. The molecule has 0 fully saturated rings. The Labute approximate surface area is 227 Å². The van der Waals surface area contributed by atoms with E-state index in [9.17, 15) is 18.0 Å². The Hall–Kier alpha value is -3.81. The zero-order valence-corrected chi connectivity index (χ0v) is 22.5. The maximum atomic E-state index is 14.1. The van der Waals surface area contributed by atoms with Gasteiger partial charge >= 0.3 is 6.18 Å². The number of rotatable bonds is 7. The molecule has 4 rings (SSSR count). The second-order valence-corrected chi connectivity index (χ2v) is 9.51. The van der Waals surface area contributed by atoms with Gasteiger partial charge < -0.3 is 15.4 Å². The number of amides is 1. The van der Waals surface area contributed by atoms with Crippen molar-refractivity contribution in [3.63, 3.8) is 0 Å². The van der Waals surface area contributed by atoms with Gasteiger partial charge in [0.2, 0.25) is 0 Å². The van der Waals surface area contributed by atoms with E-state index in [0.29, 0.717) is 30.5 Å². The van der Waals surface area contributed by atoms with Crippen molar-refractivity contribution in [1.29, 1.82) is 0 Å². The fourth-order valence-electron chi connectivity index (χ4n) is 5.05. The highest BCUT2D eigenvalue weighted by atomic mass is 19.4. The van der Waals surface area contributed by atoms with Crippen molar-refractivity contribution < 1.29 is 22.7 Å². The summed E-state index contributed by atoms with van der Waals surface area (Å²) in [4.78, 5) is 17.2. The van der Waals surface area contributed by atoms with Crippen LogP contribution >= 0.6 is 0 Å². The van der Waals surface area contributed by atoms with E-state index in [4.69, 9.17) is 4.74 Å². The molecular formula is C31H34F3N3O2. The number of aliphatic imine (C=N–C) groups is 1. The number of allylic oxidation sites excluding steroid dienone is 5. The molecule has 2 aliphatic rings. The molecule has 0 bridgehead atoms. The molecule has 1 atom stereocenters. The molecule has 0 spiro atoms. The van der Waals surface area contributed by atoms with Crippen LogP contribution in [0.15, 0.2) is 71.5 Å². The number of nitrogens with one attached hydrogen (secondary N) is 2. The molecule has 0 saturated heterocycles. The Bertz CT molecular complexity index is 1340. The largest absolute Gasteiger partial charge is 0.497 e. The smallest absolute Gasteiger partial charge is 0.417 e. The zero-order valence-electron chi connectivity index (χ0n) is 22.5. The lowest BCUT2D eigenvalue weighted by molar-refractivity contribution is -0.137. The van der Waals surface area contributed by atoms with Gasteiger partial charge in [-0.3, -0.25) is 9.79 Å². The second kappa shape index (κ2) is 12.4. The number of benzene rings is 2. The van der Waals surface area contributed by atoms with Gasteiger partial charge in [0.25, 0.3) is 5.91 Å². The monoisotopic (exact) mass is 537 g/mol. The van der Waals surface area contributed by atoms with E-state index in [2.05, 4.69) is 33.9 Å². The number of ether oxygens (including phenoxy) is 1. The van der Waals surface area contributed by atoms with Crippen LogP contribution < -0.4 is 15.4 Å². The second-order valence-electron chi connectivity index (χ2n) is 9.51. The first-order valence-electron chi connectivity index (χ1n) is 13.3. The van der Waals surface area contributed by atoms with E-state index in [1.807, 2.05) is 26.0 Å². The Balaban J connectivity index is 1.69. The van der Waals surface area contributed by atoms with Crippen LogP contribution in [0.4, 0.5) is 18.9 Å². The number of hydrogen-bond donors (Lipinski definition) is 2. The lowest BCUT2D eigenvalue weighted by atomic mass is 9.83. The molecule has 5 nitrogen and oxygen atoms in total. The van der Waals surface area contributed by atoms with Crippen LogP contribution in [-0.4, -0.2) is 25.3 Å². The van der Waals surface area contributed by atoms with E-state index in [-0.39, 0.29) is 23.1 Å². The Morgan fingerprint density at radius 2 is 1.87 bits per heavy atom. The van der Waals surface area contributed by atoms with Gasteiger partial charge in [-0.1, -0.05) is 31.2 Å². The molecule has 1 heterocycles. The predicted molar refractivity (Wildman–Crippen MR) is 150 cm³/mol. The minimum absolute atomic E-state index is 0.111. The van der Waals surface area contributed by atoms with Gasteiger partial charge in [-0.05, 0) is 86.1 Å². The SMILES string of the molecule is CCNC(=O)c1ccc(N/C2=C/CC/C=C\CCC3C(c4ccc(OC)cc4C(F)(F)F)=CN=C23)cc1CC. The van der Waals surface area contributed by atoms with Gasteiger partial charge in [-0.2, -0.15) is 13.2 Å². The Kier molecular flexibility index (Phi) is 8.94. The van der Waals surface area contributed by atoms with Crippen LogP contribution in [0.2, 0.25) is 0 Å².